The molecular formula is C19H17Cl2F6NO2. The first kappa shape index (κ1) is 24.7. The molecule has 0 aliphatic carbocycles. The van der Waals surface area contributed by atoms with Crippen molar-refractivity contribution >= 4 is 23.2 Å². The molecule has 0 aromatic heterocycles. The molecule has 1 atom stereocenters. The highest BCUT2D eigenvalue weighted by Crippen LogP contribution is 2.37. The van der Waals surface area contributed by atoms with Crippen molar-refractivity contribution in [1.82, 2.24) is 0 Å². The molecule has 1 unspecified atom stereocenters. The van der Waals surface area contributed by atoms with Crippen molar-refractivity contribution in [3.63, 3.8) is 0 Å². The number of halogens is 8. The summed E-state index contributed by atoms with van der Waals surface area (Å²) in [5, 5.41) is 11.3. The molecule has 30 heavy (non-hydrogen) atoms. The number of nitrogens with two attached hydrogens (primary N) is 1. The van der Waals surface area contributed by atoms with Gasteiger partial charge in [-0.3, -0.25) is 0 Å². The van der Waals surface area contributed by atoms with Crippen LogP contribution in [0.5, 0.6) is 0 Å². The normalized spacial score (nSPS) is 14.6. The zero-order chi connectivity index (χ0) is 22.7. The van der Waals surface area contributed by atoms with Gasteiger partial charge in [0.25, 0.3) is 0 Å². The highest BCUT2D eigenvalue weighted by Gasteiger charge is 2.37. The minimum atomic E-state index is -4.96. The third-order valence-electron chi connectivity index (χ3n) is 4.27. The van der Waals surface area contributed by atoms with Crippen LogP contribution in [0.1, 0.15) is 28.7 Å². The molecule has 2 aromatic rings. The lowest BCUT2D eigenvalue weighted by Gasteiger charge is -2.28. The first-order chi connectivity index (χ1) is 13.8. The Morgan fingerprint density at radius 2 is 1.40 bits per heavy atom. The quantitative estimate of drug-likeness (QED) is 0.498. The molecule has 0 fully saturated rings. The van der Waals surface area contributed by atoms with E-state index in [-0.39, 0.29) is 34.6 Å². The standard InChI is InChI=1S/C19H17Cl2F6NO2/c20-15-2-1-12(8-16(15)21)17(29,3-4-28)10-30-9-11-5-13(18(22,23)24)7-14(6-11)19(25,26)27/h1-2,5-8,29H,3-4,9-10,28H2. The van der Waals surface area contributed by atoms with Crippen molar-refractivity contribution in [3.05, 3.63) is 68.7 Å². The lowest BCUT2D eigenvalue weighted by Crippen LogP contribution is -2.34. The molecule has 3 nitrogen and oxygen atoms in total. The minimum absolute atomic E-state index is 0.00134. The number of hydrogen-bond acceptors (Lipinski definition) is 3. The Kier molecular flexibility index (Phi) is 7.68. The second-order valence-corrected chi connectivity index (χ2v) is 7.42. The van der Waals surface area contributed by atoms with Crippen LogP contribution < -0.4 is 5.73 Å². The van der Waals surface area contributed by atoms with E-state index in [4.69, 9.17) is 33.7 Å². The largest absolute Gasteiger partial charge is 0.416 e. The molecule has 0 saturated carbocycles. The van der Waals surface area contributed by atoms with Gasteiger partial charge < -0.3 is 15.6 Å². The van der Waals surface area contributed by atoms with Gasteiger partial charge in [0.05, 0.1) is 34.4 Å². The Hall–Kier alpha value is -1.52. The van der Waals surface area contributed by atoms with Crippen LogP contribution in [0.4, 0.5) is 26.3 Å². The fourth-order valence-corrected chi connectivity index (χ4v) is 3.06. The maximum atomic E-state index is 13.0. The van der Waals surface area contributed by atoms with Crippen molar-refractivity contribution in [2.75, 3.05) is 13.2 Å². The van der Waals surface area contributed by atoms with Gasteiger partial charge in [-0.2, -0.15) is 26.3 Å². The second-order valence-electron chi connectivity index (χ2n) is 6.61. The van der Waals surface area contributed by atoms with Crippen LogP contribution in [0.25, 0.3) is 0 Å². The molecule has 0 spiro atoms. The van der Waals surface area contributed by atoms with E-state index in [1.807, 2.05) is 0 Å². The highest BCUT2D eigenvalue weighted by atomic mass is 35.5. The van der Waals surface area contributed by atoms with Crippen molar-refractivity contribution in [3.8, 4) is 0 Å². The molecule has 0 saturated heterocycles. The summed E-state index contributed by atoms with van der Waals surface area (Å²) < 4.78 is 83.0. The Balaban J connectivity index is 2.25. The number of alkyl halides is 6. The van der Waals surface area contributed by atoms with Crippen LogP contribution in [0.3, 0.4) is 0 Å². The van der Waals surface area contributed by atoms with Crippen LogP contribution in [0.15, 0.2) is 36.4 Å². The summed E-state index contributed by atoms with van der Waals surface area (Å²) in [7, 11) is 0. The van der Waals surface area contributed by atoms with E-state index in [0.29, 0.717) is 17.7 Å². The second kappa shape index (κ2) is 9.32. The van der Waals surface area contributed by atoms with Gasteiger partial charge in [-0.1, -0.05) is 29.3 Å². The SMILES string of the molecule is NCCC(O)(COCc1cc(C(F)(F)F)cc(C(F)(F)F)c1)c1ccc(Cl)c(Cl)c1. The molecule has 3 N–H and O–H groups in total. The van der Waals surface area contributed by atoms with E-state index >= 15 is 0 Å². The van der Waals surface area contributed by atoms with E-state index < -0.39 is 42.3 Å². The van der Waals surface area contributed by atoms with E-state index in [1.54, 1.807) is 0 Å². The Bertz CT molecular complexity index is 856. The number of rotatable bonds is 7. The lowest BCUT2D eigenvalue weighted by molar-refractivity contribution is -0.143. The summed E-state index contributed by atoms with van der Waals surface area (Å²) >= 11 is 11.8. The van der Waals surface area contributed by atoms with Gasteiger partial charge in [-0.25, -0.2) is 0 Å². The summed E-state index contributed by atoms with van der Waals surface area (Å²) in [6, 6.07) is 5.45. The Morgan fingerprint density at radius 3 is 1.87 bits per heavy atom. The van der Waals surface area contributed by atoms with Crippen molar-refractivity contribution in [1.29, 1.82) is 0 Å². The molecule has 0 bridgehead atoms. The van der Waals surface area contributed by atoms with Gasteiger partial charge >= 0.3 is 12.4 Å². The van der Waals surface area contributed by atoms with E-state index in [2.05, 4.69) is 0 Å². The summed E-state index contributed by atoms with van der Waals surface area (Å²) in [5.74, 6) is 0. The zero-order valence-corrected chi connectivity index (χ0v) is 16.8. The van der Waals surface area contributed by atoms with Crippen molar-refractivity contribution in [2.24, 2.45) is 5.73 Å². The number of benzene rings is 2. The van der Waals surface area contributed by atoms with Crippen LogP contribution in [0, 0.1) is 0 Å². The predicted molar refractivity (Wildman–Crippen MR) is 100 cm³/mol. The smallest absolute Gasteiger partial charge is 0.383 e. The molecular weight excluding hydrogens is 459 g/mol. The topological polar surface area (TPSA) is 55.5 Å². The number of hydrogen-bond donors (Lipinski definition) is 2. The molecule has 0 radical (unpaired) electrons. The minimum Gasteiger partial charge on any atom is -0.383 e. The molecule has 0 heterocycles. The first-order valence-corrected chi connectivity index (χ1v) is 9.26. The molecule has 0 aliphatic rings. The summed E-state index contributed by atoms with van der Waals surface area (Å²) in [6.45, 7) is -1.01. The molecule has 0 amide bonds. The first-order valence-electron chi connectivity index (χ1n) is 8.50. The lowest BCUT2D eigenvalue weighted by atomic mass is 9.91. The van der Waals surface area contributed by atoms with Gasteiger partial charge in [-0.15, -0.1) is 0 Å². The molecule has 0 aliphatic heterocycles. The van der Waals surface area contributed by atoms with Gasteiger partial charge in [0, 0.05) is 0 Å². The zero-order valence-electron chi connectivity index (χ0n) is 15.2. The predicted octanol–water partition coefficient (Wildman–Crippen LogP) is 5.78. The number of ether oxygens (including phenoxy) is 1. The fraction of sp³-hybridized carbons (Fsp3) is 0.368. The van der Waals surface area contributed by atoms with Gasteiger partial charge in [0.1, 0.15) is 5.60 Å². The van der Waals surface area contributed by atoms with Crippen LogP contribution in [0.2, 0.25) is 10.0 Å². The highest BCUT2D eigenvalue weighted by molar-refractivity contribution is 6.42. The molecule has 2 rings (SSSR count). The van der Waals surface area contributed by atoms with Crippen molar-refractivity contribution in [2.45, 2.75) is 31.0 Å². The van der Waals surface area contributed by atoms with Crippen LogP contribution >= 0.6 is 23.2 Å². The van der Waals surface area contributed by atoms with Crippen LogP contribution in [-0.4, -0.2) is 18.3 Å². The van der Waals surface area contributed by atoms with Crippen molar-refractivity contribution < 1.29 is 36.2 Å². The maximum Gasteiger partial charge on any atom is 0.416 e. The third kappa shape index (κ3) is 6.24. The monoisotopic (exact) mass is 475 g/mol. The average Bonchev–Trinajstić information content (AvgIpc) is 2.62. The summed E-state index contributed by atoms with van der Waals surface area (Å²) in [6.07, 6.45) is -9.92. The Morgan fingerprint density at radius 1 is 0.833 bits per heavy atom. The third-order valence-corrected chi connectivity index (χ3v) is 5.01. The van der Waals surface area contributed by atoms with Crippen LogP contribution in [-0.2, 0) is 29.3 Å². The Labute approximate surface area is 178 Å². The molecule has 11 heteroatoms. The van der Waals surface area contributed by atoms with Gasteiger partial charge in [0.2, 0.25) is 0 Å². The summed E-state index contributed by atoms with van der Waals surface area (Å²) in [5.41, 5.74) is 0.899. The van der Waals surface area contributed by atoms with E-state index in [9.17, 15) is 31.4 Å². The van der Waals surface area contributed by atoms with E-state index in [1.165, 1.54) is 18.2 Å². The fourth-order valence-electron chi connectivity index (χ4n) is 2.76. The molecule has 166 valence electrons. The van der Waals surface area contributed by atoms with Gasteiger partial charge in [-0.05, 0) is 54.4 Å². The van der Waals surface area contributed by atoms with E-state index in [0.717, 1.165) is 0 Å². The maximum absolute atomic E-state index is 13.0. The average molecular weight is 476 g/mol. The van der Waals surface area contributed by atoms with Gasteiger partial charge in [0.15, 0.2) is 0 Å². The number of aliphatic hydroxyl groups is 1. The molecule has 2 aromatic carbocycles. The summed E-state index contributed by atoms with van der Waals surface area (Å²) in [4.78, 5) is 0.